The van der Waals surface area contributed by atoms with E-state index < -0.39 is 5.82 Å². The van der Waals surface area contributed by atoms with Crippen molar-refractivity contribution in [3.05, 3.63) is 59.3 Å². The van der Waals surface area contributed by atoms with Gasteiger partial charge in [-0.2, -0.15) is 10.4 Å². The predicted molar refractivity (Wildman–Crippen MR) is 133 cm³/mol. The molecule has 0 fully saturated rings. The van der Waals surface area contributed by atoms with E-state index in [1.54, 1.807) is 0 Å². The maximum Gasteiger partial charge on any atom is 0.229 e. The fourth-order valence-corrected chi connectivity index (χ4v) is 4.74. The van der Waals surface area contributed by atoms with Crippen molar-refractivity contribution >= 4 is 22.7 Å². The van der Waals surface area contributed by atoms with Crippen LogP contribution in [0.25, 0.3) is 22.2 Å². The summed E-state index contributed by atoms with van der Waals surface area (Å²) >= 11 is 0. The largest absolute Gasteiger partial charge is 0.309 e. The van der Waals surface area contributed by atoms with Gasteiger partial charge in [0.05, 0.1) is 17.8 Å². The Morgan fingerprint density at radius 1 is 1.20 bits per heavy atom. The summed E-state index contributed by atoms with van der Waals surface area (Å²) < 4.78 is 16.7. The van der Waals surface area contributed by atoms with Crippen LogP contribution in [0.15, 0.2) is 36.5 Å². The summed E-state index contributed by atoms with van der Waals surface area (Å²) in [6, 6.07) is 11.8. The highest BCUT2D eigenvalue weighted by atomic mass is 19.1. The first-order valence-electron chi connectivity index (χ1n) is 11.8. The van der Waals surface area contributed by atoms with Gasteiger partial charge < -0.3 is 5.32 Å². The number of halogens is 1. The van der Waals surface area contributed by atoms with E-state index in [2.05, 4.69) is 45.2 Å². The van der Waals surface area contributed by atoms with Crippen LogP contribution in [0.1, 0.15) is 43.1 Å². The minimum absolute atomic E-state index is 0.231. The molecule has 1 aromatic carbocycles. The first kappa shape index (κ1) is 22.9. The molecule has 8 nitrogen and oxygen atoms in total. The highest BCUT2D eigenvalue weighted by Crippen LogP contribution is 2.30. The number of aryl methyl sites for hydroxylation is 1. The fraction of sp³-hybridized carbons (Fsp3) is 0.346. The van der Waals surface area contributed by atoms with Crippen LogP contribution in [-0.4, -0.2) is 42.7 Å². The van der Waals surface area contributed by atoms with Crippen LogP contribution < -0.4 is 5.32 Å². The second kappa shape index (κ2) is 9.39. The summed E-state index contributed by atoms with van der Waals surface area (Å²) in [5, 5.41) is 17.5. The van der Waals surface area contributed by atoms with Crippen LogP contribution in [0.2, 0.25) is 0 Å². The smallest absolute Gasteiger partial charge is 0.229 e. The molecule has 4 heterocycles. The topological polar surface area (TPSA) is 95.6 Å². The van der Waals surface area contributed by atoms with Crippen LogP contribution in [0.3, 0.4) is 0 Å². The van der Waals surface area contributed by atoms with Crippen LogP contribution >= 0.6 is 0 Å². The number of pyridine rings is 1. The lowest BCUT2D eigenvalue weighted by molar-refractivity contribution is 0.258. The lowest BCUT2D eigenvalue weighted by atomic mass is 10.0. The second-order valence-corrected chi connectivity index (χ2v) is 9.15. The Hall–Kier alpha value is -3.90. The Labute approximate surface area is 203 Å². The van der Waals surface area contributed by atoms with Gasteiger partial charge in [0.25, 0.3) is 0 Å². The van der Waals surface area contributed by atoms with Crippen LogP contribution in [0.5, 0.6) is 0 Å². The van der Waals surface area contributed by atoms with Gasteiger partial charge in [0.15, 0.2) is 5.82 Å². The number of fused-ring (bicyclic) bond motifs is 2. The Kier molecular flexibility index (Phi) is 6.14. The molecule has 0 saturated heterocycles. The van der Waals surface area contributed by atoms with Gasteiger partial charge in [0.1, 0.15) is 11.5 Å². The van der Waals surface area contributed by atoms with E-state index in [0.29, 0.717) is 17.8 Å². The standard InChI is InChI=1S/C26H27FN8/c1-16(2)25-19-13-17(5-7-22(19)33-34(25)3)24-20(27)14-29-26(32-24)31-23-8-6-18-15-35(11-4-10-28)12-9-21(18)30-23/h5-8,13-14,16H,4,9,11-12,15H2,1-3H3,(H,29,30,31,32). The average molecular weight is 471 g/mol. The number of nitrogens with one attached hydrogen (secondary N) is 1. The van der Waals surface area contributed by atoms with Gasteiger partial charge in [-0.05, 0) is 29.7 Å². The van der Waals surface area contributed by atoms with Gasteiger partial charge in [0.2, 0.25) is 5.95 Å². The molecule has 0 saturated carbocycles. The van der Waals surface area contributed by atoms with Crippen molar-refractivity contribution in [2.45, 2.75) is 39.2 Å². The number of nitriles is 1. The van der Waals surface area contributed by atoms with Gasteiger partial charge in [-0.3, -0.25) is 9.58 Å². The fourth-order valence-electron chi connectivity index (χ4n) is 4.74. The zero-order valence-electron chi connectivity index (χ0n) is 20.1. The first-order chi connectivity index (χ1) is 16.9. The zero-order chi connectivity index (χ0) is 24.5. The summed E-state index contributed by atoms with van der Waals surface area (Å²) in [6.45, 7) is 6.66. The van der Waals surface area contributed by atoms with Crippen molar-refractivity contribution in [2.75, 3.05) is 18.4 Å². The third kappa shape index (κ3) is 4.57. The molecule has 1 N–H and O–H groups in total. The molecule has 9 heteroatoms. The van der Waals surface area contributed by atoms with Gasteiger partial charge >= 0.3 is 0 Å². The Balaban J connectivity index is 1.41. The maximum absolute atomic E-state index is 14.8. The molecule has 0 bridgehead atoms. The highest BCUT2D eigenvalue weighted by molar-refractivity contribution is 5.86. The summed E-state index contributed by atoms with van der Waals surface area (Å²) in [7, 11) is 1.93. The Morgan fingerprint density at radius 2 is 2.06 bits per heavy atom. The van der Waals surface area contributed by atoms with Crippen molar-refractivity contribution in [1.82, 2.24) is 29.6 Å². The molecule has 0 amide bonds. The van der Waals surface area contributed by atoms with E-state index in [1.165, 1.54) is 6.20 Å². The van der Waals surface area contributed by atoms with Gasteiger partial charge in [-0.15, -0.1) is 0 Å². The molecule has 5 rings (SSSR count). The third-order valence-electron chi connectivity index (χ3n) is 6.35. The number of aromatic nitrogens is 5. The highest BCUT2D eigenvalue weighted by Gasteiger charge is 2.19. The van der Waals surface area contributed by atoms with Gasteiger partial charge in [0, 0.05) is 61.9 Å². The van der Waals surface area contributed by atoms with E-state index in [9.17, 15) is 4.39 Å². The van der Waals surface area contributed by atoms with Gasteiger partial charge in [-0.25, -0.2) is 19.3 Å². The molecular formula is C26H27FN8. The van der Waals surface area contributed by atoms with Crippen molar-refractivity contribution in [3.8, 4) is 17.3 Å². The normalized spacial score (nSPS) is 13.7. The summed E-state index contributed by atoms with van der Waals surface area (Å²) in [4.78, 5) is 15.6. The molecule has 0 atom stereocenters. The van der Waals surface area contributed by atoms with Crippen molar-refractivity contribution in [2.24, 2.45) is 7.05 Å². The molecule has 0 unspecified atom stereocenters. The summed E-state index contributed by atoms with van der Waals surface area (Å²) in [5.74, 6) is 0.703. The molecular weight excluding hydrogens is 443 g/mol. The van der Waals surface area contributed by atoms with Crippen LogP contribution in [-0.2, 0) is 20.0 Å². The molecule has 178 valence electrons. The number of nitrogens with zero attached hydrogens (tertiary/aromatic N) is 7. The summed E-state index contributed by atoms with van der Waals surface area (Å²) in [5.41, 5.74) is 5.05. The molecule has 0 radical (unpaired) electrons. The zero-order valence-corrected chi connectivity index (χ0v) is 20.1. The minimum Gasteiger partial charge on any atom is -0.309 e. The van der Waals surface area contributed by atoms with E-state index in [4.69, 9.17) is 10.2 Å². The average Bonchev–Trinajstić information content (AvgIpc) is 3.19. The van der Waals surface area contributed by atoms with Crippen LogP contribution in [0, 0.1) is 17.1 Å². The predicted octanol–water partition coefficient (Wildman–Crippen LogP) is 4.70. The molecule has 1 aliphatic rings. The number of hydrogen-bond acceptors (Lipinski definition) is 7. The summed E-state index contributed by atoms with van der Waals surface area (Å²) in [6.07, 6.45) is 2.53. The Bertz CT molecular complexity index is 1440. The maximum atomic E-state index is 14.8. The number of anilines is 2. The molecule has 35 heavy (non-hydrogen) atoms. The lowest BCUT2D eigenvalue weighted by Crippen LogP contribution is -2.31. The SMILES string of the molecule is CC(C)c1c2cc(-c3nc(Nc4ccc5c(n4)CCN(CCC#N)C5)ncc3F)ccc2nn1C. The number of rotatable bonds is 6. The quantitative estimate of drug-likeness (QED) is 0.436. The van der Waals surface area contributed by atoms with Crippen molar-refractivity contribution < 1.29 is 4.39 Å². The van der Waals surface area contributed by atoms with Crippen molar-refractivity contribution in [3.63, 3.8) is 0 Å². The first-order valence-corrected chi connectivity index (χ1v) is 11.8. The molecule has 4 aromatic rings. The van der Waals surface area contributed by atoms with Crippen LogP contribution in [0.4, 0.5) is 16.2 Å². The number of benzene rings is 1. The van der Waals surface area contributed by atoms with E-state index >= 15 is 0 Å². The third-order valence-corrected chi connectivity index (χ3v) is 6.35. The molecule has 0 aliphatic carbocycles. The minimum atomic E-state index is -0.485. The number of hydrogen-bond donors (Lipinski definition) is 1. The monoisotopic (exact) mass is 470 g/mol. The molecule has 3 aromatic heterocycles. The lowest BCUT2D eigenvalue weighted by Gasteiger charge is -2.27. The molecule has 1 aliphatic heterocycles. The van der Waals surface area contributed by atoms with E-state index in [1.807, 2.05) is 42.1 Å². The van der Waals surface area contributed by atoms with E-state index in [-0.39, 0.29) is 17.6 Å². The second-order valence-electron chi connectivity index (χ2n) is 9.15. The Morgan fingerprint density at radius 3 is 2.86 bits per heavy atom. The van der Waals surface area contributed by atoms with Crippen molar-refractivity contribution in [1.29, 1.82) is 5.26 Å². The van der Waals surface area contributed by atoms with E-state index in [0.717, 1.165) is 53.9 Å². The molecule has 0 spiro atoms. The van der Waals surface area contributed by atoms with Gasteiger partial charge in [-0.1, -0.05) is 26.0 Å².